The van der Waals surface area contributed by atoms with Crippen LogP contribution in [0.15, 0.2) is 12.3 Å². The quantitative estimate of drug-likeness (QED) is 0.853. The molecular formula is C16H22N4O. The lowest BCUT2D eigenvalue weighted by Crippen LogP contribution is -2.43. The molecule has 3 heterocycles. The van der Waals surface area contributed by atoms with Crippen LogP contribution in [-0.4, -0.2) is 38.0 Å². The molecule has 2 aromatic rings. The van der Waals surface area contributed by atoms with Crippen molar-refractivity contribution in [2.45, 2.75) is 52.5 Å². The van der Waals surface area contributed by atoms with Crippen molar-refractivity contribution in [3.8, 4) is 0 Å². The van der Waals surface area contributed by atoms with Crippen LogP contribution in [0.4, 0.5) is 0 Å². The van der Waals surface area contributed by atoms with E-state index in [1.165, 1.54) is 6.42 Å². The summed E-state index contributed by atoms with van der Waals surface area (Å²) in [6.07, 6.45) is 6.09. The maximum Gasteiger partial charge on any atom is 0.259 e. The molecule has 112 valence electrons. The molecule has 0 saturated carbocycles. The number of piperidine rings is 1. The van der Waals surface area contributed by atoms with Crippen molar-refractivity contribution in [3.05, 3.63) is 29.2 Å². The molecule has 1 aliphatic rings. The Morgan fingerprint density at radius 3 is 2.95 bits per heavy atom. The van der Waals surface area contributed by atoms with Gasteiger partial charge in [0.1, 0.15) is 5.56 Å². The van der Waals surface area contributed by atoms with Crippen LogP contribution in [0.1, 0.15) is 54.4 Å². The van der Waals surface area contributed by atoms with Gasteiger partial charge in [-0.05, 0) is 45.6 Å². The van der Waals surface area contributed by atoms with Gasteiger partial charge in [0.15, 0.2) is 5.65 Å². The fraction of sp³-hybridized carbons (Fsp3) is 0.562. The van der Waals surface area contributed by atoms with Gasteiger partial charge in [-0.25, -0.2) is 9.50 Å². The standard InChI is InChI=1S/C16H22N4O/c1-4-13-7-5-6-8-19(13)16(21)14-10-17-20-12(3)9-11(2)18-15(14)20/h9-10,13H,4-8H2,1-3H3/t13-/m1/s1. The lowest BCUT2D eigenvalue weighted by Gasteiger charge is -2.35. The summed E-state index contributed by atoms with van der Waals surface area (Å²) in [5.74, 6) is 0.0778. The Balaban J connectivity index is 2.01. The molecule has 1 saturated heterocycles. The van der Waals surface area contributed by atoms with Crippen molar-refractivity contribution in [2.24, 2.45) is 0 Å². The summed E-state index contributed by atoms with van der Waals surface area (Å²) >= 11 is 0. The van der Waals surface area contributed by atoms with Gasteiger partial charge in [-0.1, -0.05) is 6.92 Å². The third-order valence-electron chi connectivity index (χ3n) is 4.37. The first-order valence-electron chi connectivity index (χ1n) is 7.74. The third-order valence-corrected chi connectivity index (χ3v) is 4.37. The highest BCUT2D eigenvalue weighted by Gasteiger charge is 2.28. The van der Waals surface area contributed by atoms with Crippen LogP contribution in [0.2, 0.25) is 0 Å². The zero-order valence-electron chi connectivity index (χ0n) is 13.0. The highest BCUT2D eigenvalue weighted by molar-refractivity contribution is 5.99. The number of amides is 1. The minimum Gasteiger partial charge on any atom is -0.336 e. The van der Waals surface area contributed by atoms with Gasteiger partial charge in [0.05, 0.1) is 6.20 Å². The smallest absolute Gasteiger partial charge is 0.259 e. The van der Waals surface area contributed by atoms with Crippen molar-refractivity contribution in [3.63, 3.8) is 0 Å². The molecular weight excluding hydrogens is 264 g/mol. The van der Waals surface area contributed by atoms with Crippen molar-refractivity contribution >= 4 is 11.6 Å². The van der Waals surface area contributed by atoms with Gasteiger partial charge in [0.2, 0.25) is 0 Å². The van der Waals surface area contributed by atoms with E-state index in [1.807, 2.05) is 24.8 Å². The fourth-order valence-corrected chi connectivity index (χ4v) is 3.27. The normalized spacial score (nSPS) is 19.2. The van der Waals surface area contributed by atoms with Crippen LogP contribution < -0.4 is 0 Å². The number of rotatable bonds is 2. The van der Waals surface area contributed by atoms with Gasteiger partial charge in [0.25, 0.3) is 5.91 Å². The van der Waals surface area contributed by atoms with Crippen molar-refractivity contribution in [2.75, 3.05) is 6.54 Å². The van der Waals surface area contributed by atoms with Gasteiger partial charge in [0, 0.05) is 24.0 Å². The fourth-order valence-electron chi connectivity index (χ4n) is 3.27. The van der Waals surface area contributed by atoms with E-state index in [9.17, 15) is 4.79 Å². The lowest BCUT2D eigenvalue weighted by atomic mass is 9.99. The van der Waals surface area contributed by atoms with Gasteiger partial charge >= 0.3 is 0 Å². The average molecular weight is 286 g/mol. The Morgan fingerprint density at radius 1 is 1.38 bits per heavy atom. The highest BCUT2D eigenvalue weighted by atomic mass is 16.2. The predicted molar refractivity (Wildman–Crippen MR) is 81.4 cm³/mol. The van der Waals surface area contributed by atoms with Crippen LogP contribution in [0.5, 0.6) is 0 Å². The van der Waals surface area contributed by atoms with Crippen molar-refractivity contribution < 1.29 is 4.79 Å². The number of likely N-dealkylation sites (tertiary alicyclic amines) is 1. The number of carbonyl (C=O) groups is 1. The van der Waals surface area contributed by atoms with E-state index in [4.69, 9.17) is 0 Å². The molecule has 0 unspecified atom stereocenters. The summed E-state index contributed by atoms with van der Waals surface area (Å²) in [6, 6.07) is 2.33. The molecule has 0 bridgehead atoms. The topological polar surface area (TPSA) is 50.5 Å². The molecule has 21 heavy (non-hydrogen) atoms. The summed E-state index contributed by atoms with van der Waals surface area (Å²) in [6.45, 7) is 6.93. The van der Waals surface area contributed by atoms with Gasteiger partial charge in [-0.15, -0.1) is 0 Å². The van der Waals surface area contributed by atoms with E-state index in [1.54, 1.807) is 10.7 Å². The Morgan fingerprint density at radius 2 is 2.19 bits per heavy atom. The van der Waals surface area contributed by atoms with Crippen molar-refractivity contribution in [1.29, 1.82) is 0 Å². The van der Waals surface area contributed by atoms with E-state index in [-0.39, 0.29) is 5.91 Å². The molecule has 0 aliphatic carbocycles. The number of fused-ring (bicyclic) bond motifs is 1. The van der Waals surface area contributed by atoms with Crippen LogP contribution in [0, 0.1) is 13.8 Å². The van der Waals surface area contributed by atoms with E-state index < -0.39 is 0 Å². The second kappa shape index (κ2) is 5.47. The number of aryl methyl sites for hydroxylation is 2. The Kier molecular flexibility index (Phi) is 3.66. The first-order valence-corrected chi connectivity index (χ1v) is 7.74. The first kappa shape index (κ1) is 14.0. The molecule has 5 nitrogen and oxygen atoms in total. The van der Waals surface area contributed by atoms with E-state index in [2.05, 4.69) is 17.0 Å². The molecule has 0 spiro atoms. The Hall–Kier alpha value is -1.91. The second-order valence-corrected chi connectivity index (χ2v) is 5.89. The maximum absolute atomic E-state index is 12.9. The Bertz CT molecular complexity index is 676. The zero-order valence-corrected chi connectivity index (χ0v) is 13.0. The van der Waals surface area contributed by atoms with E-state index in [0.29, 0.717) is 17.3 Å². The molecule has 0 N–H and O–H groups in total. The minimum atomic E-state index is 0.0778. The number of hydrogen-bond donors (Lipinski definition) is 0. The maximum atomic E-state index is 12.9. The molecule has 0 aromatic carbocycles. The summed E-state index contributed by atoms with van der Waals surface area (Å²) in [5, 5.41) is 4.33. The highest BCUT2D eigenvalue weighted by Crippen LogP contribution is 2.23. The molecule has 1 fully saturated rings. The van der Waals surface area contributed by atoms with Gasteiger partial charge in [-0.2, -0.15) is 5.10 Å². The van der Waals surface area contributed by atoms with Crippen LogP contribution >= 0.6 is 0 Å². The molecule has 2 aromatic heterocycles. The van der Waals surface area contributed by atoms with Crippen molar-refractivity contribution in [1.82, 2.24) is 19.5 Å². The summed E-state index contributed by atoms with van der Waals surface area (Å²) < 4.78 is 1.76. The summed E-state index contributed by atoms with van der Waals surface area (Å²) in [5.41, 5.74) is 3.22. The van der Waals surface area contributed by atoms with Crippen LogP contribution in [0.25, 0.3) is 5.65 Å². The second-order valence-electron chi connectivity index (χ2n) is 5.89. The van der Waals surface area contributed by atoms with Crippen LogP contribution in [0.3, 0.4) is 0 Å². The predicted octanol–water partition coefficient (Wildman–Crippen LogP) is 2.75. The molecule has 0 radical (unpaired) electrons. The molecule has 1 amide bonds. The van der Waals surface area contributed by atoms with E-state index >= 15 is 0 Å². The summed E-state index contributed by atoms with van der Waals surface area (Å²) in [4.78, 5) is 19.4. The molecule has 5 heteroatoms. The SMILES string of the molecule is CC[C@@H]1CCCCN1C(=O)c1cnn2c(C)cc(C)nc12. The van der Waals surface area contributed by atoms with Gasteiger partial charge < -0.3 is 4.90 Å². The number of nitrogens with zero attached hydrogens (tertiary/aromatic N) is 4. The largest absolute Gasteiger partial charge is 0.336 e. The minimum absolute atomic E-state index is 0.0778. The number of hydrogen-bond acceptors (Lipinski definition) is 3. The van der Waals surface area contributed by atoms with Gasteiger partial charge in [-0.3, -0.25) is 4.79 Å². The third kappa shape index (κ3) is 2.41. The molecule has 1 atom stereocenters. The molecule has 3 rings (SSSR count). The number of aromatic nitrogens is 3. The lowest BCUT2D eigenvalue weighted by molar-refractivity contribution is 0.0610. The molecule has 1 aliphatic heterocycles. The van der Waals surface area contributed by atoms with E-state index in [0.717, 1.165) is 37.2 Å². The van der Waals surface area contributed by atoms with Crippen LogP contribution in [-0.2, 0) is 0 Å². The average Bonchev–Trinajstić information content (AvgIpc) is 2.90. The number of carbonyl (C=O) groups excluding carboxylic acids is 1. The Labute approximate surface area is 125 Å². The zero-order chi connectivity index (χ0) is 15.0. The first-order chi connectivity index (χ1) is 10.1. The summed E-state index contributed by atoms with van der Waals surface area (Å²) in [7, 11) is 0. The monoisotopic (exact) mass is 286 g/mol.